The number of fused-ring (bicyclic) bond motifs is 1. The smallest absolute Gasteiger partial charge is 0.239 e. The summed E-state index contributed by atoms with van der Waals surface area (Å²) in [5.41, 5.74) is 0.314. The lowest BCUT2D eigenvalue weighted by Gasteiger charge is -2.12. The summed E-state index contributed by atoms with van der Waals surface area (Å²) >= 11 is 0. The van der Waals surface area contributed by atoms with Crippen LogP contribution in [0.5, 0.6) is 5.88 Å². The van der Waals surface area contributed by atoms with Crippen LogP contribution < -0.4 is 10.2 Å². The lowest BCUT2D eigenvalue weighted by atomic mass is 10.2. The molecule has 0 amide bonds. The molecule has 19 heavy (non-hydrogen) atoms. The highest BCUT2D eigenvalue weighted by Crippen LogP contribution is 2.21. The van der Waals surface area contributed by atoms with Crippen LogP contribution in [0.2, 0.25) is 0 Å². The number of hydrogen-bond donors (Lipinski definition) is 0. The SMILES string of the molecule is CCCC(=O)n1ccc(=O)c2ccnc(OCC)c21. The van der Waals surface area contributed by atoms with Crippen molar-refractivity contribution in [3.63, 3.8) is 0 Å². The van der Waals surface area contributed by atoms with E-state index in [0.29, 0.717) is 29.8 Å². The number of ether oxygens (including phenoxy) is 1. The van der Waals surface area contributed by atoms with E-state index in [1.54, 1.807) is 6.07 Å². The largest absolute Gasteiger partial charge is 0.476 e. The zero-order chi connectivity index (χ0) is 13.8. The molecule has 0 aliphatic carbocycles. The molecular formula is C14H16N2O3. The van der Waals surface area contributed by atoms with Gasteiger partial charge in [-0.15, -0.1) is 0 Å². The molecule has 0 aliphatic rings. The minimum absolute atomic E-state index is 0.0681. The first-order valence-corrected chi connectivity index (χ1v) is 6.35. The van der Waals surface area contributed by atoms with Crippen molar-refractivity contribution in [3.8, 4) is 5.88 Å². The van der Waals surface area contributed by atoms with Gasteiger partial charge in [-0.2, -0.15) is 0 Å². The van der Waals surface area contributed by atoms with Gasteiger partial charge in [-0.25, -0.2) is 4.98 Å². The van der Waals surface area contributed by atoms with Crippen LogP contribution in [-0.2, 0) is 0 Å². The van der Waals surface area contributed by atoms with Gasteiger partial charge in [0.2, 0.25) is 11.8 Å². The molecular weight excluding hydrogens is 244 g/mol. The Labute approximate surface area is 110 Å². The maximum atomic E-state index is 12.1. The lowest BCUT2D eigenvalue weighted by Crippen LogP contribution is -2.16. The molecule has 0 radical (unpaired) electrons. The normalized spacial score (nSPS) is 10.6. The van der Waals surface area contributed by atoms with Crippen molar-refractivity contribution in [3.05, 3.63) is 34.7 Å². The van der Waals surface area contributed by atoms with Crippen molar-refractivity contribution < 1.29 is 9.53 Å². The first-order chi connectivity index (χ1) is 9.19. The van der Waals surface area contributed by atoms with E-state index in [2.05, 4.69) is 4.98 Å². The molecule has 2 aromatic rings. The average Bonchev–Trinajstić information content (AvgIpc) is 2.40. The summed E-state index contributed by atoms with van der Waals surface area (Å²) in [5.74, 6) is 0.253. The molecule has 2 rings (SSSR count). The number of carbonyl (C=O) groups excluding carboxylic acids is 1. The van der Waals surface area contributed by atoms with Gasteiger partial charge in [0.15, 0.2) is 5.43 Å². The minimum Gasteiger partial charge on any atom is -0.476 e. The van der Waals surface area contributed by atoms with Crippen molar-refractivity contribution in [1.82, 2.24) is 9.55 Å². The molecule has 5 nitrogen and oxygen atoms in total. The number of aromatic nitrogens is 2. The van der Waals surface area contributed by atoms with Gasteiger partial charge in [0, 0.05) is 24.9 Å². The van der Waals surface area contributed by atoms with Crippen LogP contribution in [0.15, 0.2) is 29.3 Å². The minimum atomic E-state index is -0.140. The Balaban J connectivity index is 2.73. The second-order valence-corrected chi connectivity index (χ2v) is 4.14. The van der Waals surface area contributed by atoms with Crippen molar-refractivity contribution >= 4 is 16.8 Å². The van der Waals surface area contributed by atoms with E-state index < -0.39 is 0 Å². The van der Waals surface area contributed by atoms with E-state index in [-0.39, 0.29) is 11.3 Å². The second kappa shape index (κ2) is 5.65. The maximum absolute atomic E-state index is 12.1. The Morgan fingerprint density at radius 1 is 1.37 bits per heavy atom. The molecule has 0 saturated heterocycles. The Morgan fingerprint density at radius 3 is 2.84 bits per heavy atom. The molecule has 0 aliphatic heterocycles. The molecule has 0 atom stereocenters. The number of carbonyl (C=O) groups is 1. The van der Waals surface area contributed by atoms with Crippen LogP contribution in [0.1, 0.15) is 31.5 Å². The zero-order valence-electron chi connectivity index (χ0n) is 11.0. The summed E-state index contributed by atoms with van der Waals surface area (Å²) in [6.45, 7) is 4.20. The van der Waals surface area contributed by atoms with Crippen molar-refractivity contribution in [2.75, 3.05) is 6.61 Å². The van der Waals surface area contributed by atoms with Crippen molar-refractivity contribution in [2.24, 2.45) is 0 Å². The van der Waals surface area contributed by atoms with Gasteiger partial charge in [0.1, 0.15) is 5.52 Å². The van der Waals surface area contributed by atoms with Crippen LogP contribution in [0.4, 0.5) is 0 Å². The molecule has 0 aromatic carbocycles. The monoisotopic (exact) mass is 260 g/mol. The van der Waals surface area contributed by atoms with Crippen LogP contribution in [0.25, 0.3) is 10.9 Å². The first-order valence-electron chi connectivity index (χ1n) is 6.35. The van der Waals surface area contributed by atoms with Gasteiger partial charge in [-0.1, -0.05) is 6.92 Å². The molecule has 0 bridgehead atoms. The molecule has 5 heteroatoms. The van der Waals surface area contributed by atoms with E-state index in [9.17, 15) is 9.59 Å². The summed E-state index contributed by atoms with van der Waals surface area (Å²) < 4.78 is 6.88. The van der Waals surface area contributed by atoms with E-state index in [4.69, 9.17) is 4.74 Å². The number of hydrogen-bond acceptors (Lipinski definition) is 4. The summed E-state index contributed by atoms with van der Waals surface area (Å²) in [7, 11) is 0. The molecule has 2 aromatic heterocycles. The number of pyridine rings is 2. The van der Waals surface area contributed by atoms with Gasteiger partial charge in [0.25, 0.3) is 0 Å². The van der Waals surface area contributed by atoms with Gasteiger partial charge >= 0.3 is 0 Å². The van der Waals surface area contributed by atoms with E-state index in [1.807, 2.05) is 13.8 Å². The standard InChI is InChI=1S/C14H16N2O3/c1-3-5-12(18)16-9-7-11(17)10-6-8-15-14(13(10)16)19-4-2/h6-9H,3-5H2,1-2H3. The summed E-state index contributed by atoms with van der Waals surface area (Å²) in [4.78, 5) is 28.1. The molecule has 0 spiro atoms. The third-order valence-corrected chi connectivity index (χ3v) is 2.79. The third kappa shape index (κ3) is 2.50. The highest BCUT2D eigenvalue weighted by atomic mass is 16.5. The summed E-state index contributed by atoms with van der Waals surface area (Å²) in [6, 6.07) is 3.00. The van der Waals surface area contributed by atoms with Crippen LogP contribution in [-0.4, -0.2) is 22.1 Å². The predicted molar refractivity (Wildman–Crippen MR) is 72.7 cm³/mol. The Kier molecular flexibility index (Phi) is 3.94. The van der Waals surface area contributed by atoms with Crippen molar-refractivity contribution in [2.45, 2.75) is 26.7 Å². The van der Waals surface area contributed by atoms with Gasteiger partial charge in [0.05, 0.1) is 12.0 Å². The lowest BCUT2D eigenvalue weighted by molar-refractivity contribution is 0.0905. The Hall–Kier alpha value is -2.17. The van der Waals surface area contributed by atoms with Crippen LogP contribution >= 0.6 is 0 Å². The number of nitrogens with zero attached hydrogens (tertiary/aromatic N) is 2. The first kappa shape index (κ1) is 13.3. The van der Waals surface area contributed by atoms with Crippen molar-refractivity contribution in [1.29, 1.82) is 0 Å². The fraction of sp³-hybridized carbons (Fsp3) is 0.357. The third-order valence-electron chi connectivity index (χ3n) is 2.79. The van der Waals surface area contributed by atoms with E-state index in [0.717, 1.165) is 6.42 Å². The number of rotatable bonds is 4. The maximum Gasteiger partial charge on any atom is 0.239 e. The molecule has 2 heterocycles. The highest BCUT2D eigenvalue weighted by molar-refractivity contribution is 5.93. The van der Waals surface area contributed by atoms with E-state index in [1.165, 1.54) is 23.0 Å². The fourth-order valence-electron chi connectivity index (χ4n) is 1.96. The fourth-order valence-corrected chi connectivity index (χ4v) is 1.96. The van der Waals surface area contributed by atoms with Gasteiger partial charge in [-0.3, -0.25) is 14.2 Å². The zero-order valence-corrected chi connectivity index (χ0v) is 11.0. The topological polar surface area (TPSA) is 61.2 Å². The molecule has 0 fully saturated rings. The predicted octanol–water partition coefficient (Wildman–Crippen LogP) is 2.24. The van der Waals surface area contributed by atoms with Gasteiger partial charge in [-0.05, 0) is 19.4 Å². The second-order valence-electron chi connectivity index (χ2n) is 4.14. The molecule has 0 saturated carbocycles. The molecule has 100 valence electrons. The van der Waals surface area contributed by atoms with Crippen LogP contribution in [0, 0.1) is 0 Å². The molecule has 0 N–H and O–H groups in total. The van der Waals surface area contributed by atoms with E-state index >= 15 is 0 Å². The summed E-state index contributed by atoms with van der Waals surface area (Å²) in [5, 5.41) is 0.449. The Morgan fingerprint density at radius 2 is 2.16 bits per heavy atom. The van der Waals surface area contributed by atoms with Crippen LogP contribution in [0.3, 0.4) is 0 Å². The average molecular weight is 260 g/mol. The van der Waals surface area contributed by atoms with Gasteiger partial charge < -0.3 is 4.74 Å². The Bertz CT molecular complexity index is 661. The molecule has 0 unspecified atom stereocenters. The quantitative estimate of drug-likeness (QED) is 0.845. The highest BCUT2D eigenvalue weighted by Gasteiger charge is 2.14. The summed E-state index contributed by atoms with van der Waals surface area (Å²) in [6.07, 6.45) is 4.17.